The number of rotatable bonds is 6. The van der Waals surface area contributed by atoms with Crippen molar-refractivity contribution in [2.75, 3.05) is 18.1 Å². The first-order valence-corrected chi connectivity index (χ1v) is 9.77. The number of hydrogen-bond acceptors (Lipinski definition) is 4. The monoisotopic (exact) mass is 399 g/mol. The van der Waals surface area contributed by atoms with Crippen molar-refractivity contribution in [2.24, 2.45) is 0 Å². The zero-order chi connectivity index (χ0) is 20.9. The van der Waals surface area contributed by atoms with Crippen LogP contribution in [-0.2, 0) is 4.79 Å². The van der Waals surface area contributed by atoms with Gasteiger partial charge in [-0.3, -0.25) is 4.79 Å². The van der Waals surface area contributed by atoms with Gasteiger partial charge in [0.15, 0.2) is 6.61 Å². The summed E-state index contributed by atoms with van der Waals surface area (Å²) in [6, 6.07) is 25.9. The number of hydrogen-bond donors (Lipinski definition) is 0. The average Bonchev–Trinajstić information content (AvgIpc) is 2.78. The molecule has 4 aromatic rings. The van der Waals surface area contributed by atoms with Gasteiger partial charge in [0.1, 0.15) is 11.3 Å². The number of carbonyl (C=O) groups excluding carboxylic acids is 1. The van der Waals surface area contributed by atoms with Crippen molar-refractivity contribution in [1.29, 1.82) is 0 Å². The summed E-state index contributed by atoms with van der Waals surface area (Å²) < 4.78 is 11.1. The van der Waals surface area contributed by atoms with Crippen LogP contribution in [0, 0.1) is 0 Å². The molecule has 0 radical (unpaired) electrons. The Balaban J connectivity index is 1.57. The molecule has 5 heteroatoms. The highest BCUT2D eigenvalue weighted by Crippen LogP contribution is 2.29. The molecule has 30 heavy (non-hydrogen) atoms. The standard InChI is InChI=1S/C25H21NO4/c1-2-26(19-11-7-4-8-12-19)24(27)17-29-20-13-14-21-22(18-9-5-3-6-10-18)16-25(28)30-23(21)15-20/h3-16H,2,17H2,1H3. The van der Waals surface area contributed by atoms with Crippen LogP contribution in [-0.4, -0.2) is 19.1 Å². The van der Waals surface area contributed by atoms with Gasteiger partial charge in [-0.2, -0.15) is 0 Å². The van der Waals surface area contributed by atoms with E-state index < -0.39 is 5.63 Å². The fourth-order valence-electron chi connectivity index (χ4n) is 3.42. The summed E-state index contributed by atoms with van der Waals surface area (Å²) in [4.78, 5) is 26.4. The predicted molar refractivity (Wildman–Crippen MR) is 118 cm³/mol. The van der Waals surface area contributed by atoms with Crippen molar-refractivity contribution in [3.05, 3.63) is 95.3 Å². The maximum Gasteiger partial charge on any atom is 0.336 e. The molecule has 0 fully saturated rings. The van der Waals surface area contributed by atoms with Gasteiger partial charge in [-0.25, -0.2) is 4.79 Å². The summed E-state index contributed by atoms with van der Waals surface area (Å²) in [5, 5.41) is 0.805. The molecule has 0 spiro atoms. The molecule has 5 nitrogen and oxygen atoms in total. The minimum absolute atomic E-state index is 0.114. The second-order valence-corrected chi connectivity index (χ2v) is 6.77. The van der Waals surface area contributed by atoms with Gasteiger partial charge in [-0.1, -0.05) is 48.5 Å². The Bertz CT molecular complexity index is 1220. The van der Waals surface area contributed by atoms with Crippen LogP contribution in [0.1, 0.15) is 6.92 Å². The van der Waals surface area contributed by atoms with E-state index >= 15 is 0 Å². The zero-order valence-electron chi connectivity index (χ0n) is 16.6. The van der Waals surface area contributed by atoms with Gasteiger partial charge in [0.25, 0.3) is 5.91 Å². The van der Waals surface area contributed by atoms with Crippen LogP contribution < -0.4 is 15.3 Å². The van der Waals surface area contributed by atoms with Gasteiger partial charge >= 0.3 is 5.63 Å². The molecule has 0 saturated heterocycles. The van der Waals surface area contributed by atoms with Crippen LogP contribution in [0.5, 0.6) is 5.75 Å². The molecule has 0 saturated carbocycles. The van der Waals surface area contributed by atoms with E-state index in [1.54, 1.807) is 17.0 Å². The topological polar surface area (TPSA) is 59.8 Å². The van der Waals surface area contributed by atoms with Gasteiger partial charge in [0, 0.05) is 29.8 Å². The van der Waals surface area contributed by atoms with E-state index in [4.69, 9.17) is 9.15 Å². The van der Waals surface area contributed by atoms with Crippen molar-refractivity contribution in [3.8, 4) is 16.9 Å². The minimum Gasteiger partial charge on any atom is -0.484 e. The van der Waals surface area contributed by atoms with E-state index in [2.05, 4.69) is 0 Å². The molecule has 4 rings (SSSR count). The smallest absolute Gasteiger partial charge is 0.336 e. The Kier molecular flexibility index (Phi) is 5.61. The third-order valence-electron chi connectivity index (χ3n) is 4.85. The normalized spacial score (nSPS) is 10.7. The maximum absolute atomic E-state index is 12.6. The Morgan fingerprint density at radius 3 is 2.33 bits per heavy atom. The molecular formula is C25H21NO4. The first-order valence-electron chi connectivity index (χ1n) is 9.77. The molecule has 0 N–H and O–H groups in total. The van der Waals surface area contributed by atoms with Gasteiger partial charge in [0.05, 0.1) is 0 Å². The van der Waals surface area contributed by atoms with Crippen molar-refractivity contribution in [1.82, 2.24) is 0 Å². The highest BCUT2D eigenvalue weighted by atomic mass is 16.5. The minimum atomic E-state index is -0.434. The van der Waals surface area contributed by atoms with Gasteiger partial charge < -0.3 is 14.1 Å². The molecule has 3 aromatic carbocycles. The van der Waals surface area contributed by atoms with Gasteiger partial charge in [-0.15, -0.1) is 0 Å². The van der Waals surface area contributed by atoms with E-state index in [1.807, 2.05) is 73.7 Å². The highest BCUT2D eigenvalue weighted by Gasteiger charge is 2.15. The van der Waals surface area contributed by atoms with Crippen molar-refractivity contribution < 1.29 is 13.9 Å². The lowest BCUT2D eigenvalue weighted by atomic mass is 10.0. The molecule has 0 unspecified atom stereocenters. The summed E-state index contributed by atoms with van der Waals surface area (Å²) in [6.07, 6.45) is 0. The summed E-state index contributed by atoms with van der Waals surface area (Å²) in [5.74, 6) is 0.316. The van der Waals surface area contributed by atoms with Gasteiger partial charge in [0.2, 0.25) is 0 Å². The van der Waals surface area contributed by atoms with Crippen LogP contribution in [0.25, 0.3) is 22.1 Å². The van der Waals surface area contributed by atoms with Crippen LogP contribution in [0.4, 0.5) is 5.69 Å². The second-order valence-electron chi connectivity index (χ2n) is 6.77. The molecule has 0 aliphatic carbocycles. The Morgan fingerprint density at radius 2 is 1.63 bits per heavy atom. The molecule has 1 aromatic heterocycles. The van der Waals surface area contributed by atoms with E-state index in [1.165, 1.54) is 6.07 Å². The second kappa shape index (κ2) is 8.66. The zero-order valence-corrected chi connectivity index (χ0v) is 16.6. The number of fused-ring (bicyclic) bond motifs is 1. The number of amides is 1. The largest absolute Gasteiger partial charge is 0.484 e. The third-order valence-corrected chi connectivity index (χ3v) is 4.85. The molecule has 0 aliphatic heterocycles. The van der Waals surface area contributed by atoms with E-state index in [9.17, 15) is 9.59 Å². The van der Waals surface area contributed by atoms with E-state index in [-0.39, 0.29) is 12.5 Å². The molecule has 1 amide bonds. The molecule has 0 atom stereocenters. The third kappa shape index (κ3) is 4.10. The molecule has 0 aliphatic rings. The van der Waals surface area contributed by atoms with Crippen LogP contribution in [0.2, 0.25) is 0 Å². The van der Waals surface area contributed by atoms with Crippen LogP contribution in [0.15, 0.2) is 94.1 Å². The Morgan fingerprint density at radius 1 is 0.933 bits per heavy atom. The summed E-state index contributed by atoms with van der Waals surface area (Å²) in [5.41, 5.74) is 2.54. The van der Waals surface area contributed by atoms with Gasteiger partial charge in [-0.05, 0) is 42.3 Å². The first-order chi connectivity index (χ1) is 14.7. The quantitative estimate of drug-likeness (QED) is 0.433. The SMILES string of the molecule is CCN(C(=O)COc1ccc2c(-c3ccccc3)cc(=O)oc2c1)c1ccccc1. The first kappa shape index (κ1) is 19.5. The lowest BCUT2D eigenvalue weighted by Crippen LogP contribution is -2.34. The number of carbonyl (C=O) groups is 1. The average molecular weight is 399 g/mol. The number of benzene rings is 3. The number of ether oxygens (including phenoxy) is 1. The number of para-hydroxylation sites is 1. The van der Waals surface area contributed by atoms with Crippen LogP contribution >= 0.6 is 0 Å². The lowest BCUT2D eigenvalue weighted by Gasteiger charge is -2.21. The van der Waals surface area contributed by atoms with Crippen molar-refractivity contribution >= 4 is 22.6 Å². The molecular weight excluding hydrogens is 378 g/mol. The van der Waals surface area contributed by atoms with Crippen LogP contribution in [0.3, 0.4) is 0 Å². The summed E-state index contributed by atoms with van der Waals surface area (Å²) in [7, 11) is 0. The fourth-order valence-corrected chi connectivity index (χ4v) is 3.42. The van der Waals surface area contributed by atoms with Crippen molar-refractivity contribution in [3.63, 3.8) is 0 Å². The predicted octanol–water partition coefficient (Wildman–Crippen LogP) is 4.89. The van der Waals surface area contributed by atoms with E-state index in [0.29, 0.717) is 17.9 Å². The Hall–Kier alpha value is -3.86. The number of likely N-dealkylation sites (N-methyl/N-ethyl adjacent to an activating group) is 1. The van der Waals surface area contributed by atoms with E-state index in [0.717, 1.165) is 22.2 Å². The maximum atomic E-state index is 12.6. The summed E-state index contributed by atoms with van der Waals surface area (Å²) in [6.45, 7) is 2.34. The molecule has 0 bridgehead atoms. The summed E-state index contributed by atoms with van der Waals surface area (Å²) >= 11 is 0. The van der Waals surface area contributed by atoms with Crippen molar-refractivity contribution in [2.45, 2.75) is 6.92 Å². The fraction of sp³-hybridized carbons (Fsp3) is 0.120. The lowest BCUT2D eigenvalue weighted by molar-refractivity contribution is -0.120. The molecule has 1 heterocycles. The Labute approximate surface area is 174 Å². The number of nitrogens with zero attached hydrogens (tertiary/aromatic N) is 1. The highest BCUT2D eigenvalue weighted by molar-refractivity contribution is 5.95. The number of anilines is 1. The molecule has 150 valence electrons.